The molecule has 1 atom stereocenters. The van der Waals surface area contributed by atoms with Gasteiger partial charge in [0.25, 0.3) is 11.8 Å². The normalized spacial score (nSPS) is 17.2. The second-order valence-corrected chi connectivity index (χ2v) is 6.17. The predicted molar refractivity (Wildman–Crippen MR) is 79.7 cm³/mol. The molecule has 1 aliphatic heterocycles. The summed E-state index contributed by atoms with van der Waals surface area (Å²) in [7, 11) is 0. The predicted octanol–water partition coefficient (Wildman–Crippen LogP) is 2.31. The summed E-state index contributed by atoms with van der Waals surface area (Å²) in [6.45, 7) is -0.626. The summed E-state index contributed by atoms with van der Waals surface area (Å²) in [5.74, 6) is -4.28. The Labute approximate surface area is 142 Å². The van der Waals surface area contributed by atoms with Crippen LogP contribution in [-0.4, -0.2) is 38.5 Å². The van der Waals surface area contributed by atoms with Crippen molar-refractivity contribution in [3.63, 3.8) is 0 Å². The fraction of sp³-hybridized carbons (Fsp3) is 0.143. The smallest absolute Gasteiger partial charge is 0.302 e. The van der Waals surface area contributed by atoms with Crippen LogP contribution in [0.5, 0.6) is 0 Å². The van der Waals surface area contributed by atoms with Crippen molar-refractivity contribution in [3.8, 4) is 0 Å². The minimum Gasteiger partial charge on any atom is -0.302 e. The first-order valence-corrected chi connectivity index (χ1v) is 7.63. The van der Waals surface area contributed by atoms with Gasteiger partial charge in [0.15, 0.2) is 6.17 Å². The molecule has 11 heteroatoms. The van der Waals surface area contributed by atoms with Gasteiger partial charge >= 0.3 is 5.00 Å². The third-order valence-electron chi connectivity index (χ3n) is 3.57. The van der Waals surface area contributed by atoms with Gasteiger partial charge in [-0.25, -0.2) is 8.78 Å². The molecular weight excluding hydrogens is 360 g/mol. The number of rotatable bonds is 3. The van der Waals surface area contributed by atoms with E-state index in [0.717, 1.165) is 29.2 Å². The minimum atomic E-state index is -1.40. The highest BCUT2D eigenvalue weighted by Crippen LogP contribution is 2.37. The molecule has 0 spiro atoms. The molecule has 2 amide bonds. The van der Waals surface area contributed by atoms with Crippen LogP contribution in [-0.2, 0) is 4.79 Å². The molecule has 1 aromatic heterocycles. The first-order chi connectivity index (χ1) is 11.8. The van der Waals surface area contributed by atoms with Gasteiger partial charge in [0.1, 0.15) is 23.7 Å². The maximum atomic E-state index is 13.9. The molecule has 1 fully saturated rings. The Balaban J connectivity index is 2.02. The Morgan fingerprint density at radius 2 is 1.92 bits per heavy atom. The Kier molecular flexibility index (Phi) is 4.18. The Morgan fingerprint density at radius 1 is 1.28 bits per heavy atom. The molecule has 2 aromatic rings. The topological polar surface area (TPSA) is 104 Å². The van der Waals surface area contributed by atoms with Crippen molar-refractivity contribution in [2.45, 2.75) is 6.17 Å². The van der Waals surface area contributed by atoms with Crippen LogP contribution < -0.4 is 0 Å². The van der Waals surface area contributed by atoms with E-state index in [9.17, 15) is 33.7 Å². The zero-order valence-corrected chi connectivity index (χ0v) is 13.1. The van der Waals surface area contributed by atoms with Crippen molar-refractivity contribution < 1.29 is 28.5 Å². The molecule has 8 nitrogen and oxygen atoms in total. The summed E-state index contributed by atoms with van der Waals surface area (Å²) in [5, 5.41) is 20.6. The van der Waals surface area contributed by atoms with E-state index in [1.807, 2.05) is 0 Å². The van der Waals surface area contributed by atoms with Crippen molar-refractivity contribution >= 4 is 28.2 Å². The zero-order valence-electron chi connectivity index (χ0n) is 12.3. The average Bonchev–Trinajstić information content (AvgIpc) is 3.13. The lowest BCUT2D eigenvalue weighted by Crippen LogP contribution is -2.34. The molecule has 25 heavy (non-hydrogen) atoms. The maximum absolute atomic E-state index is 13.9. The highest BCUT2D eigenvalue weighted by Gasteiger charge is 2.44. The second-order valence-electron chi connectivity index (χ2n) is 5.07. The number of benzene rings is 1. The molecule has 0 radical (unpaired) electrons. The molecule has 0 bridgehead atoms. The number of hydrogen-bond acceptors (Lipinski definition) is 6. The van der Waals surface area contributed by atoms with Crippen molar-refractivity contribution in [1.82, 2.24) is 9.96 Å². The van der Waals surface area contributed by atoms with Crippen LogP contribution in [0.2, 0.25) is 0 Å². The van der Waals surface area contributed by atoms with E-state index in [2.05, 4.69) is 0 Å². The van der Waals surface area contributed by atoms with E-state index in [1.54, 1.807) is 0 Å². The maximum Gasteiger partial charge on any atom is 0.324 e. The fourth-order valence-electron chi connectivity index (χ4n) is 2.45. The lowest BCUT2D eigenvalue weighted by molar-refractivity contribution is -0.380. The van der Waals surface area contributed by atoms with Gasteiger partial charge in [-0.05, 0) is 18.2 Å². The summed E-state index contributed by atoms with van der Waals surface area (Å²) in [6, 6.07) is 5.25. The van der Waals surface area contributed by atoms with Crippen LogP contribution >= 0.6 is 11.3 Å². The van der Waals surface area contributed by atoms with Crippen LogP contribution in [0.3, 0.4) is 0 Å². The van der Waals surface area contributed by atoms with E-state index in [4.69, 9.17) is 0 Å². The van der Waals surface area contributed by atoms with E-state index in [1.165, 1.54) is 6.07 Å². The first-order valence-electron chi connectivity index (χ1n) is 6.81. The molecule has 3 rings (SSSR count). The Morgan fingerprint density at radius 3 is 2.48 bits per heavy atom. The summed E-state index contributed by atoms with van der Waals surface area (Å²) >= 11 is 0.634. The number of halogens is 2. The van der Waals surface area contributed by atoms with Gasteiger partial charge < -0.3 is 4.90 Å². The Bertz CT molecular complexity index is 867. The zero-order chi connectivity index (χ0) is 18.3. The van der Waals surface area contributed by atoms with Gasteiger partial charge in [0.2, 0.25) is 0 Å². The van der Waals surface area contributed by atoms with E-state index < -0.39 is 46.6 Å². The largest absolute Gasteiger partial charge is 0.324 e. The molecule has 0 aliphatic carbocycles. The van der Waals surface area contributed by atoms with Crippen molar-refractivity contribution in [2.75, 3.05) is 6.54 Å². The van der Waals surface area contributed by atoms with Crippen LogP contribution in [0.25, 0.3) is 0 Å². The highest BCUT2D eigenvalue weighted by molar-refractivity contribution is 7.15. The standard InChI is InChI=1S/C14H9F2N3O5S/c15-7-2-1-3-8(16)12(7)14(21)17-6-10(20)18(22)13(17)9-4-5-11(25-9)19(23)24/h1-5,13,22H,6H2. The molecule has 130 valence electrons. The van der Waals surface area contributed by atoms with E-state index >= 15 is 0 Å². The lowest BCUT2D eigenvalue weighted by atomic mass is 10.1. The van der Waals surface area contributed by atoms with E-state index in [-0.39, 0.29) is 14.9 Å². The summed E-state index contributed by atoms with van der Waals surface area (Å²) in [5.41, 5.74) is -0.873. The van der Waals surface area contributed by atoms with Gasteiger partial charge in [-0.15, -0.1) is 0 Å². The number of amides is 2. The Hall–Kier alpha value is -2.92. The van der Waals surface area contributed by atoms with Crippen LogP contribution in [0.15, 0.2) is 30.3 Å². The summed E-state index contributed by atoms with van der Waals surface area (Å²) in [6.07, 6.45) is -1.40. The van der Waals surface area contributed by atoms with Crippen LogP contribution in [0.4, 0.5) is 13.8 Å². The number of thiophene rings is 1. The third-order valence-corrected chi connectivity index (χ3v) is 4.65. The first kappa shape index (κ1) is 16.9. The molecule has 2 heterocycles. The van der Waals surface area contributed by atoms with Crippen molar-refractivity contribution in [3.05, 3.63) is 62.5 Å². The van der Waals surface area contributed by atoms with Crippen LogP contribution in [0, 0.1) is 21.7 Å². The van der Waals surface area contributed by atoms with Gasteiger partial charge in [-0.1, -0.05) is 17.4 Å². The monoisotopic (exact) mass is 369 g/mol. The molecule has 1 N–H and O–H groups in total. The van der Waals surface area contributed by atoms with Crippen molar-refractivity contribution in [1.29, 1.82) is 0 Å². The molecule has 1 unspecified atom stereocenters. The second kappa shape index (κ2) is 6.18. The van der Waals surface area contributed by atoms with Crippen LogP contribution in [0.1, 0.15) is 21.4 Å². The quantitative estimate of drug-likeness (QED) is 0.508. The van der Waals surface area contributed by atoms with E-state index in [0.29, 0.717) is 11.3 Å². The summed E-state index contributed by atoms with van der Waals surface area (Å²) < 4.78 is 27.7. The number of carbonyl (C=O) groups is 2. The minimum absolute atomic E-state index is 0.102. The number of hydroxylamine groups is 2. The fourth-order valence-corrected chi connectivity index (χ4v) is 3.38. The molecule has 1 aliphatic rings. The summed E-state index contributed by atoms with van der Waals surface area (Å²) in [4.78, 5) is 35.3. The molecule has 0 saturated carbocycles. The van der Waals surface area contributed by atoms with Gasteiger partial charge in [0, 0.05) is 6.07 Å². The van der Waals surface area contributed by atoms with Gasteiger partial charge in [-0.3, -0.25) is 24.9 Å². The molecule has 1 saturated heterocycles. The number of nitro groups is 1. The van der Waals surface area contributed by atoms with Crippen molar-refractivity contribution in [2.24, 2.45) is 0 Å². The SMILES string of the molecule is O=C1CN(C(=O)c2c(F)cccc2F)C(c2ccc([N+](=O)[O-])s2)N1O. The molecular formula is C14H9F2N3O5S. The number of hydrogen-bond donors (Lipinski definition) is 1. The highest BCUT2D eigenvalue weighted by atomic mass is 32.1. The lowest BCUT2D eigenvalue weighted by Gasteiger charge is -2.25. The van der Waals surface area contributed by atoms with Gasteiger partial charge in [0.05, 0.1) is 9.80 Å². The third kappa shape index (κ3) is 2.83. The average molecular weight is 369 g/mol. The van der Waals surface area contributed by atoms with Gasteiger partial charge in [-0.2, -0.15) is 5.06 Å². The number of carbonyl (C=O) groups excluding carboxylic acids is 2. The number of nitrogens with zero attached hydrogens (tertiary/aromatic N) is 3. The molecule has 1 aromatic carbocycles.